The van der Waals surface area contributed by atoms with Crippen LogP contribution in [0.25, 0.3) is 0 Å². The minimum absolute atomic E-state index is 0.181. The van der Waals surface area contributed by atoms with Crippen LogP contribution in [0.1, 0.15) is 36.5 Å². The van der Waals surface area contributed by atoms with E-state index < -0.39 is 0 Å². The van der Waals surface area contributed by atoms with Crippen molar-refractivity contribution in [3.05, 3.63) is 112 Å². The van der Waals surface area contributed by atoms with Gasteiger partial charge < -0.3 is 5.32 Å². The van der Waals surface area contributed by atoms with Crippen LogP contribution in [-0.2, 0) is 5.41 Å². The van der Waals surface area contributed by atoms with Crippen molar-refractivity contribution >= 4 is 5.69 Å². The molecule has 1 heterocycles. The van der Waals surface area contributed by atoms with Crippen molar-refractivity contribution in [2.24, 2.45) is 0 Å². The lowest BCUT2D eigenvalue weighted by Gasteiger charge is -2.44. The number of benzene rings is 2. The Hall–Kier alpha value is -2.80. The molecule has 0 radical (unpaired) electrons. The van der Waals surface area contributed by atoms with Crippen molar-refractivity contribution in [1.29, 1.82) is 0 Å². The number of anilines is 1. The Morgan fingerprint density at radius 2 is 1.46 bits per heavy atom. The van der Waals surface area contributed by atoms with E-state index in [0.29, 0.717) is 0 Å². The first-order valence-electron chi connectivity index (χ1n) is 9.42. The van der Waals surface area contributed by atoms with Crippen molar-refractivity contribution in [1.82, 2.24) is 0 Å². The van der Waals surface area contributed by atoms with E-state index in [2.05, 4.69) is 92.0 Å². The fourth-order valence-electron chi connectivity index (χ4n) is 5.08. The Morgan fingerprint density at radius 1 is 0.769 bits per heavy atom. The zero-order chi connectivity index (χ0) is 17.7. The minimum atomic E-state index is -0.181. The zero-order valence-electron chi connectivity index (χ0n) is 15.3. The van der Waals surface area contributed by atoms with Gasteiger partial charge in [0, 0.05) is 11.4 Å². The number of rotatable bonds is 2. The summed E-state index contributed by atoms with van der Waals surface area (Å²) >= 11 is 0. The predicted octanol–water partition coefficient (Wildman–Crippen LogP) is 6.20. The van der Waals surface area contributed by atoms with E-state index in [4.69, 9.17) is 0 Å². The molecule has 26 heavy (non-hydrogen) atoms. The highest BCUT2D eigenvalue weighted by molar-refractivity contribution is 5.77. The summed E-state index contributed by atoms with van der Waals surface area (Å²) in [5.41, 5.74) is 10.9. The first kappa shape index (κ1) is 15.5. The van der Waals surface area contributed by atoms with Crippen molar-refractivity contribution in [2.45, 2.75) is 32.1 Å². The first-order valence-corrected chi connectivity index (χ1v) is 9.42. The van der Waals surface area contributed by atoms with E-state index in [0.717, 1.165) is 12.8 Å². The predicted molar refractivity (Wildman–Crippen MR) is 109 cm³/mol. The van der Waals surface area contributed by atoms with E-state index in [9.17, 15) is 0 Å². The van der Waals surface area contributed by atoms with Gasteiger partial charge in [0.2, 0.25) is 0 Å². The first-order chi connectivity index (χ1) is 12.7. The second kappa shape index (κ2) is 5.60. The molecule has 0 saturated carbocycles. The molecular formula is C25H23N. The van der Waals surface area contributed by atoms with Crippen LogP contribution in [0.15, 0.2) is 95.3 Å². The molecule has 1 heteroatoms. The molecule has 5 rings (SSSR count). The largest absolute Gasteiger partial charge is 0.355 e. The molecule has 0 aromatic heterocycles. The molecule has 2 aliphatic carbocycles. The lowest BCUT2D eigenvalue weighted by atomic mass is 9.60. The van der Waals surface area contributed by atoms with Gasteiger partial charge in [-0.2, -0.15) is 0 Å². The van der Waals surface area contributed by atoms with E-state index in [1.807, 2.05) is 0 Å². The molecule has 0 saturated heterocycles. The molecular weight excluding hydrogens is 314 g/mol. The monoisotopic (exact) mass is 337 g/mol. The molecule has 1 atom stereocenters. The normalized spacial score (nSPS) is 23.3. The SMILES string of the molecule is CC1=C(C2(c3ccccc3C)C3=C(C=CC3)Nc3ccccc32)CC=C1. The van der Waals surface area contributed by atoms with Gasteiger partial charge in [-0.25, -0.2) is 0 Å². The third kappa shape index (κ3) is 1.92. The fourth-order valence-corrected chi connectivity index (χ4v) is 5.08. The summed E-state index contributed by atoms with van der Waals surface area (Å²) in [6.45, 7) is 4.52. The van der Waals surface area contributed by atoms with Crippen molar-refractivity contribution in [3.8, 4) is 0 Å². The second-order valence-corrected chi connectivity index (χ2v) is 7.50. The summed E-state index contributed by atoms with van der Waals surface area (Å²) in [6, 6.07) is 17.8. The summed E-state index contributed by atoms with van der Waals surface area (Å²) < 4.78 is 0. The number of hydrogen-bond acceptors (Lipinski definition) is 1. The van der Waals surface area contributed by atoms with Crippen LogP contribution < -0.4 is 5.32 Å². The number of fused-ring (bicyclic) bond motifs is 1. The van der Waals surface area contributed by atoms with Gasteiger partial charge in [-0.3, -0.25) is 0 Å². The molecule has 1 aliphatic heterocycles. The molecule has 3 aliphatic rings. The van der Waals surface area contributed by atoms with Gasteiger partial charge in [-0.05, 0) is 66.7 Å². The van der Waals surface area contributed by atoms with E-state index in [1.54, 1.807) is 0 Å². The molecule has 1 nitrogen and oxygen atoms in total. The molecule has 0 fully saturated rings. The van der Waals surface area contributed by atoms with E-state index in [1.165, 1.54) is 44.8 Å². The van der Waals surface area contributed by atoms with Crippen LogP contribution in [-0.4, -0.2) is 0 Å². The van der Waals surface area contributed by atoms with Gasteiger partial charge in [0.15, 0.2) is 0 Å². The van der Waals surface area contributed by atoms with Gasteiger partial charge in [0.05, 0.1) is 5.41 Å². The van der Waals surface area contributed by atoms with Crippen molar-refractivity contribution in [3.63, 3.8) is 0 Å². The van der Waals surface area contributed by atoms with E-state index in [-0.39, 0.29) is 5.41 Å². The van der Waals surface area contributed by atoms with Gasteiger partial charge in [0.1, 0.15) is 0 Å². The summed E-state index contributed by atoms with van der Waals surface area (Å²) in [5.74, 6) is 0. The second-order valence-electron chi connectivity index (χ2n) is 7.50. The van der Waals surface area contributed by atoms with Crippen LogP contribution in [0.2, 0.25) is 0 Å². The average Bonchev–Trinajstić information content (AvgIpc) is 3.30. The molecule has 0 amide bonds. The van der Waals surface area contributed by atoms with Crippen LogP contribution in [0, 0.1) is 6.92 Å². The maximum absolute atomic E-state index is 3.69. The number of allylic oxidation sites excluding steroid dienone is 7. The molecule has 0 bridgehead atoms. The quantitative estimate of drug-likeness (QED) is 0.688. The summed E-state index contributed by atoms with van der Waals surface area (Å²) in [7, 11) is 0. The molecule has 2 aromatic carbocycles. The van der Waals surface area contributed by atoms with Gasteiger partial charge in [-0.15, -0.1) is 0 Å². The van der Waals surface area contributed by atoms with Gasteiger partial charge >= 0.3 is 0 Å². The van der Waals surface area contributed by atoms with Crippen molar-refractivity contribution in [2.75, 3.05) is 5.32 Å². The zero-order valence-corrected chi connectivity index (χ0v) is 15.3. The molecule has 1 N–H and O–H groups in total. The third-order valence-corrected chi connectivity index (χ3v) is 6.15. The molecule has 2 aromatic rings. The number of hydrogen-bond donors (Lipinski definition) is 1. The highest BCUT2D eigenvalue weighted by Gasteiger charge is 2.48. The Morgan fingerprint density at radius 3 is 2.23 bits per heavy atom. The van der Waals surface area contributed by atoms with Crippen LogP contribution in [0.5, 0.6) is 0 Å². The fraction of sp³-hybridized carbons (Fsp3) is 0.200. The van der Waals surface area contributed by atoms with E-state index >= 15 is 0 Å². The number of nitrogens with one attached hydrogen (secondary N) is 1. The maximum Gasteiger partial charge on any atom is 0.0678 e. The number of aryl methyl sites for hydroxylation is 1. The molecule has 0 spiro atoms. The lowest BCUT2D eigenvalue weighted by Crippen LogP contribution is -2.38. The standard InChI is InChI=1S/C25H23N/c1-17-9-3-4-11-19(17)25(20-13-7-10-18(20)2)21-12-5-6-15-23(21)26-24-16-8-14-22(24)25/h3-12,15-16,26H,13-14H2,1-2H3. The molecule has 1 unspecified atom stereocenters. The Kier molecular flexibility index (Phi) is 3.33. The summed E-state index contributed by atoms with van der Waals surface area (Å²) in [6.07, 6.45) is 11.2. The topological polar surface area (TPSA) is 12.0 Å². The van der Waals surface area contributed by atoms with Crippen molar-refractivity contribution < 1.29 is 0 Å². The summed E-state index contributed by atoms with van der Waals surface area (Å²) in [4.78, 5) is 0. The van der Waals surface area contributed by atoms with Crippen LogP contribution in [0.4, 0.5) is 5.69 Å². The Bertz CT molecular complexity index is 1030. The van der Waals surface area contributed by atoms with Gasteiger partial charge in [0.25, 0.3) is 0 Å². The lowest BCUT2D eigenvalue weighted by molar-refractivity contribution is 0.660. The molecule has 128 valence electrons. The Labute approximate surface area is 155 Å². The highest BCUT2D eigenvalue weighted by atomic mass is 14.9. The highest BCUT2D eigenvalue weighted by Crippen LogP contribution is 2.57. The third-order valence-electron chi connectivity index (χ3n) is 6.15. The smallest absolute Gasteiger partial charge is 0.0678 e. The number of para-hydroxylation sites is 1. The average molecular weight is 337 g/mol. The van der Waals surface area contributed by atoms with Crippen LogP contribution >= 0.6 is 0 Å². The van der Waals surface area contributed by atoms with Crippen LogP contribution in [0.3, 0.4) is 0 Å². The summed E-state index contributed by atoms with van der Waals surface area (Å²) in [5, 5.41) is 3.69. The van der Waals surface area contributed by atoms with Gasteiger partial charge in [-0.1, -0.05) is 66.3 Å². The Balaban J connectivity index is 1.94. The minimum Gasteiger partial charge on any atom is -0.355 e. The maximum atomic E-state index is 3.69.